The number of nitrogens with two attached hydrogens (primary N) is 1. The SMILES string of the molecule is NCC1(C(=O)c2ccccc2O)CCC1. The molecule has 0 bridgehead atoms. The van der Waals surface area contributed by atoms with Gasteiger partial charge in [0.05, 0.1) is 5.56 Å². The molecule has 0 heterocycles. The molecule has 0 unspecified atom stereocenters. The first-order chi connectivity index (χ1) is 7.19. The minimum absolute atomic E-state index is 0.00523. The Bertz CT molecular complexity index is 377. The molecule has 0 spiro atoms. The Morgan fingerprint density at radius 3 is 2.53 bits per heavy atom. The Morgan fingerprint density at radius 2 is 2.07 bits per heavy atom. The maximum absolute atomic E-state index is 12.2. The molecule has 2 rings (SSSR count). The number of aromatic hydroxyl groups is 1. The van der Waals surface area contributed by atoms with E-state index in [1.807, 2.05) is 0 Å². The first-order valence-electron chi connectivity index (χ1n) is 5.22. The van der Waals surface area contributed by atoms with Crippen LogP contribution in [0.25, 0.3) is 0 Å². The highest BCUT2D eigenvalue weighted by molar-refractivity contribution is 6.03. The Morgan fingerprint density at radius 1 is 1.40 bits per heavy atom. The maximum Gasteiger partial charge on any atom is 0.173 e. The van der Waals surface area contributed by atoms with E-state index in [1.54, 1.807) is 18.2 Å². The lowest BCUT2D eigenvalue weighted by molar-refractivity contribution is 0.0633. The van der Waals surface area contributed by atoms with Crippen LogP contribution in [0.1, 0.15) is 29.6 Å². The largest absolute Gasteiger partial charge is 0.507 e. The predicted molar refractivity (Wildman–Crippen MR) is 57.8 cm³/mol. The molecule has 1 aliphatic rings. The summed E-state index contributed by atoms with van der Waals surface area (Å²) in [4.78, 5) is 12.2. The molecule has 0 saturated heterocycles. The zero-order chi connectivity index (χ0) is 10.9. The predicted octanol–water partition coefficient (Wildman–Crippen LogP) is 1.70. The summed E-state index contributed by atoms with van der Waals surface area (Å²) >= 11 is 0. The number of carbonyl (C=O) groups is 1. The van der Waals surface area contributed by atoms with Gasteiger partial charge in [0, 0.05) is 12.0 Å². The minimum Gasteiger partial charge on any atom is -0.507 e. The first-order valence-corrected chi connectivity index (χ1v) is 5.22. The van der Waals surface area contributed by atoms with Crippen molar-refractivity contribution in [3.8, 4) is 5.75 Å². The second-order valence-corrected chi connectivity index (χ2v) is 4.18. The van der Waals surface area contributed by atoms with Crippen molar-refractivity contribution in [2.24, 2.45) is 11.1 Å². The normalized spacial score (nSPS) is 18.2. The molecule has 1 aromatic carbocycles. The van der Waals surface area contributed by atoms with E-state index in [2.05, 4.69) is 0 Å². The molecule has 1 fully saturated rings. The van der Waals surface area contributed by atoms with Crippen molar-refractivity contribution in [3.63, 3.8) is 0 Å². The molecular formula is C12H15NO2. The number of carbonyl (C=O) groups excluding carboxylic acids is 1. The zero-order valence-electron chi connectivity index (χ0n) is 8.57. The average molecular weight is 205 g/mol. The van der Waals surface area contributed by atoms with Crippen molar-refractivity contribution >= 4 is 5.78 Å². The third-order valence-electron chi connectivity index (χ3n) is 3.33. The number of rotatable bonds is 3. The smallest absolute Gasteiger partial charge is 0.173 e. The highest BCUT2D eigenvalue weighted by Gasteiger charge is 2.43. The lowest BCUT2D eigenvalue weighted by atomic mass is 9.64. The topological polar surface area (TPSA) is 63.3 Å². The van der Waals surface area contributed by atoms with Gasteiger partial charge in [-0.3, -0.25) is 4.79 Å². The van der Waals surface area contributed by atoms with Gasteiger partial charge in [-0.2, -0.15) is 0 Å². The monoisotopic (exact) mass is 205 g/mol. The summed E-state index contributed by atoms with van der Waals surface area (Å²) in [6, 6.07) is 6.67. The van der Waals surface area contributed by atoms with E-state index in [0.717, 1.165) is 19.3 Å². The van der Waals surface area contributed by atoms with E-state index < -0.39 is 5.41 Å². The summed E-state index contributed by atoms with van der Waals surface area (Å²) in [6.07, 6.45) is 2.74. The van der Waals surface area contributed by atoms with Crippen LogP contribution in [0.5, 0.6) is 5.75 Å². The van der Waals surface area contributed by atoms with Crippen LogP contribution >= 0.6 is 0 Å². The van der Waals surface area contributed by atoms with E-state index in [0.29, 0.717) is 12.1 Å². The van der Waals surface area contributed by atoms with Crippen molar-refractivity contribution in [1.29, 1.82) is 0 Å². The molecule has 0 radical (unpaired) electrons. The zero-order valence-corrected chi connectivity index (χ0v) is 8.57. The second kappa shape index (κ2) is 3.66. The average Bonchev–Trinajstić information content (AvgIpc) is 2.17. The standard InChI is InChI=1S/C12H15NO2/c13-8-12(6-3-7-12)11(15)9-4-1-2-5-10(9)14/h1-2,4-5,14H,3,6-8,13H2. The van der Waals surface area contributed by atoms with Gasteiger partial charge < -0.3 is 10.8 Å². The van der Waals surface area contributed by atoms with Crippen LogP contribution in [0.3, 0.4) is 0 Å². The molecule has 0 atom stereocenters. The maximum atomic E-state index is 12.2. The molecule has 3 N–H and O–H groups in total. The van der Waals surface area contributed by atoms with Gasteiger partial charge in [0.15, 0.2) is 5.78 Å². The van der Waals surface area contributed by atoms with Crippen molar-refractivity contribution < 1.29 is 9.90 Å². The van der Waals surface area contributed by atoms with Crippen LogP contribution in [0.2, 0.25) is 0 Å². The number of phenolic OH excluding ortho intramolecular Hbond substituents is 1. The van der Waals surface area contributed by atoms with Crippen LogP contribution in [-0.4, -0.2) is 17.4 Å². The van der Waals surface area contributed by atoms with E-state index in [1.165, 1.54) is 6.07 Å². The quantitative estimate of drug-likeness (QED) is 0.738. The fourth-order valence-corrected chi connectivity index (χ4v) is 2.08. The van der Waals surface area contributed by atoms with Crippen molar-refractivity contribution in [3.05, 3.63) is 29.8 Å². The molecule has 0 aliphatic heterocycles. The summed E-state index contributed by atoms with van der Waals surface area (Å²) in [5.41, 5.74) is 5.66. The van der Waals surface area contributed by atoms with E-state index in [4.69, 9.17) is 5.73 Å². The van der Waals surface area contributed by atoms with Gasteiger partial charge in [-0.05, 0) is 25.0 Å². The van der Waals surface area contributed by atoms with Gasteiger partial charge in [-0.1, -0.05) is 18.6 Å². The molecule has 1 aromatic rings. The van der Waals surface area contributed by atoms with Gasteiger partial charge in [0.1, 0.15) is 5.75 Å². The Kier molecular flexibility index (Phi) is 2.49. The van der Waals surface area contributed by atoms with Gasteiger partial charge in [0.2, 0.25) is 0 Å². The van der Waals surface area contributed by atoms with Gasteiger partial charge in [-0.15, -0.1) is 0 Å². The van der Waals surface area contributed by atoms with E-state index in [-0.39, 0.29) is 11.5 Å². The Labute approximate surface area is 88.9 Å². The molecule has 1 saturated carbocycles. The minimum atomic E-state index is -0.404. The van der Waals surface area contributed by atoms with Crippen LogP contribution in [0, 0.1) is 5.41 Å². The van der Waals surface area contributed by atoms with Crippen LogP contribution in [-0.2, 0) is 0 Å². The van der Waals surface area contributed by atoms with Crippen LogP contribution in [0.4, 0.5) is 0 Å². The fraction of sp³-hybridized carbons (Fsp3) is 0.417. The number of phenols is 1. The Hall–Kier alpha value is -1.35. The molecule has 1 aliphatic carbocycles. The molecule has 0 aromatic heterocycles. The second-order valence-electron chi connectivity index (χ2n) is 4.18. The summed E-state index contributed by atoms with van der Waals surface area (Å²) in [7, 11) is 0. The number of para-hydroxylation sites is 1. The number of Topliss-reactive ketones (excluding diaryl/α,β-unsaturated/α-hetero) is 1. The number of hydrogen-bond acceptors (Lipinski definition) is 3. The molecule has 15 heavy (non-hydrogen) atoms. The lowest BCUT2D eigenvalue weighted by Crippen LogP contribution is -2.44. The highest BCUT2D eigenvalue weighted by Crippen LogP contribution is 2.43. The number of ketones is 1. The fourth-order valence-electron chi connectivity index (χ4n) is 2.08. The molecule has 80 valence electrons. The lowest BCUT2D eigenvalue weighted by Gasteiger charge is -2.39. The third kappa shape index (κ3) is 1.53. The Balaban J connectivity index is 2.32. The van der Waals surface area contributed by atoms with Crippen molar-refractivity contribution in [2.75, 3.05) is 6.54 Å². The van der Waals surface area contributed by atoms with E-state index in [9.17, 15) is 9.90 Å². The molecule has 0 amide bonds. The van der Waals surface area contributed by atoms with E-state index >= 15 is 0 Å². The summed E-state index contributed by atoms with van der Waals surface area (Å²) < 4.78 is 0. The van der Waals surface area contributed by atoms with Crippen molar-refractivity contribution in [1.82, 2.24) is 0 Å². The van der Waals surface area contributed by atoms with Crippen molar-refractivity contribution in [2.45, 2.75) is 19.3 Å². The van der Waals surface area contributed by atoms with Gasteiger partial charge >= 0.3 is 0 Å². The number of hydrogen-bond donors (Lipinski definition) is 2. The summed E-state index contributed by atoms with van der Waals surface area (Å²) in [5.74, 6) is 0.0524. The summed E-state index contributed by atoms with van der Waals surface area (Å²) in [6.45, 7) is 0.375. The molecule has 3 nitrogen and oxygen atoms in total. The molecular weight excluding hydrogens is 190 g/mol. The van der Waals surface area contributed by atoms with Crippen LogP contribution in [0.15, 0.2) is 24.3 Å². The highest BCUT2D eigenvalue weighted by atomic mass is 16.3. The summed E-state index contributed by atoms with van der Waals surface area (Å²) in [5, 5.41) is 9.60. The number of benzene rings is 1. The van der Waals surface area contributed by atoms with Gasteiger partial charge in [0.25, 0.3) is 0 Å². The third-order valence-corrected chi connectivity index (χ3v) is 3.33. The van der Waals surface area contributed by atoms with Crippen LogP contribution < -0.4 is 5.73 Å². The van der Waals surface area contributed by atoms with Gasteiger partial charge in [-0.25, -0.2) is 0 Å². The first kappa shape index (κ1) is 10.2. The molecule has 3 heteroatoms.